The van der Waals surface area contributed by atoms with Crippen LogP contribution in [0.5, 0.6) is 0 Å². The molecule has 0 bridgehead atoms. The van der Waals surface area contributed by atoms with E-state index in [1.54, 1.807) is 17.1 Å². The van der Waals surface area contributed by atoms with Crippen molar-refractivity contribution in [2.75, 3.05) is 5.32 Å². The molecule has 1 aromatic heterocycles. The van der Waals surface area contributed by atoms with Crippen LogP contribution in [0, 0.1) is 6.92 Å². The maximum absolute atomic E-state index is 11.7. The van der Waals surface area contributed by atoms with Gasteiger partial charge in [0.25, 0.3) is 0 Å². The number of halogens is 1. The van der Waals surface area contributed by atoms with Crippen molar-refractivity contribution >= 4 is 23.2 Å². The van der Waals surface area contributed by atoms with E-state index in [1.807, 2.05) is 19.1 Å². The fourth-order valence-corrected chi connectivity index (χ4v) is 1.78. The molecule has 0 saturated heterocycles. The molecule has 1 amide bonds. The van der Waals surface area contributed by atoms with Crippen LogP contribution in [-0.2, 0) is 11.3 Å². The van der Waals surface area contributed by atoms with Crippen LogP contribution >= 0.6 is 11.6 Å². The molecule has 0 saturated carbocycles. The van der Waals surface area contributed by atoms with Gasteiger partial charge in [-0.2, -0.15) is 5.10 Å². The molecular weight excluding hydrogens is 252 g/mol. The number of carbonyl (C=O) groups excluding carboxylic acids is 1. The fraction of sp³-hybridized carbons (Fsp3) is 0.250. The van der Waals surface area contributed by atoms with E-state index in [1.165, 1.54) is 6.33 Å². The number of hydrogen-bond acceptors (Lipinski definition) is 3. The summed E-state index contributed by atoms with van der Waals surface area (Å²) >= 11 is 6.03. The number of hydrogen-bond donors (Lipinski definition) is 1. The van der Waals surface area contributed by atoms with Crippen LogP contribution in [0.2, 0.25) is 5.02 Å². The van der Waals surface area contributed by atoms with Crippen molar-refractivity contribution in [1.82, 2.24) is 14.8 Å². The summed E-state index contributed by atoms with van der Waals surface area (Å²) in [5.41, 5.74) is 1.69. The standard InChI is InChI=1S/C12H13ClN4O/c1-9-2-3-11(10(13)6-9)16-12(18)4-5-17-8-14-7-15-17/h2-3,6-8H,4-5H2,1H3,(H,16,18). The Kier molecular flexibility index (Phi) is 3.94. The van der Waals surface area contributed by atoms with Crippen molar-refractivity contribution in [3.63, 3.8) is 0 Å². The minimum absolute atomic E-state index is 0.101. The number of aromatic nitrogens is 3. The summed E-state index contributed by atoms with van der Waals surface area (Å²) in [6.45, 7) is 2.44. The minimum Gasteiger partial charge on any atom is -0.325 e. The molecule has 0 fully saturated rings. The lowest BCUT2D eigenvalue weighted by atomic mass is 10.2. The molecule has 0 aliphatic carbocycles. The average molecular weight is 265 g/mol. The predicted molar refractivity (Wildman–Crippen MR) is 69.5 cm³/mol. The van der Waals surface area contributed by atoms with E-state index < -0.39 is 0 Å². The zero-order valence-corrected chi connectivity index (χ0v) is 10.7. The number of carbonyl (C=O) groups is 1. The second-order valence-electron chi connectivity index (χ2n) is 3.94. The van der Waals surface area contributed by atoms with E-state index in [0.717, 1.165) is 5.56 Å². The summed E-state index contributed by atoms with van der Waals surface area (Å²) in [5, 5.41) is 7.24. The highest BCUT2D eigenvalue weighted by Gasteiger charge is 2.06. The first-order chi connectivity index (χ1) is 8.65. The summed E-state index contributed by atoms with van der Waals surface area (Å²) in [6, 6.07) is 5.51. The summed E-state index contributed by atoms with van der Waals surface area (Å²) < 4.78 is 1.61. The van der Waals surface area contributed by atoms with Gasteiger partial charge in [0.2, 0.25) is 5.91 Å². The van der Waals surface area contributed by atoms with Gasteiger partial charge in [-0.05, 0) is 24.6 Å². The van der Waals surface area contributed by atoms with Gasteiger partial charge in [0.1, 0.15) is 12.7 Å². The molecule has 6 heteroatoms. The molecule has 2 rings (SSSR count). The number of aryl methyl sites for hydroxylation is 2. The van der Waals surface area contributed by atoms with Crippen LogP contribution in [-0.4, -0.2) is 20.7 Å². The van der Waals surface area contributed by atoms with E-state index in [2.05, 4.69) is 15.4 Å². The third kappa shape index (κ3) is 3.30. The normalized spacial score (nSPS) is 10.3. The van der Waals surface area contributed by atoms with Crippen LogP contribution in [0.15, 0.2) is 30.9 Å². The molecule has 0 aliphatic heterocycles. The number of nitrogens with one attached hydrogen (secondary N) is 1. The lowest BCUT2D eigenvalue weighted by Gasteiger charge is -2.07. The molecule has 94 valence electrons. The average Bonchev–Trinajstić information content (AvgIpc) is 2.83. The first-order valence-corrected chi connectivity index (χ1v) is 5.91. The fourth-order valence-electron chi connectivity index (χ4n) is 1.50. The predicted octanol–water partition coefficient (Wildman–Crippen LogP) is 2.27. The Labute approximate surface area is 110 Å². The number of benzene rings is 1. The zero-order valence-electron chi connectivity index (χ0n) is 9.93. The third-order valence-electron chi connectivity index (χ3n) is 2.43. The Morgan fingerprint density at radius 2 is 2.33 bits per heavy atom. The molecule has 1 N–H and O–H groups in total. The Hall–Kier alpha value is -1.88. The third-order valence-corrected chi connectivity index (χ3v) is 2.75. The van der Waals surface area contributed by atoms with Gasteiger partial charge in [-0.1, -0.05) is 17.7 Å². The van der Waals surface area contributed by atoms with Crippen molar-refractivity contribution in [2.45, 2.75) is 19.9 Å². The van der Waals surface area contributed by atoms with Crippen molar-refractivity contribution < 1.29 is 4.79 Å². The van der Waals surface area contributed by atoms with Gasteiger partial charge in [-0.25, -0.2) is 4.98 Å². The number of anilines is 1. The number of amides is 1. The molecule has 2 aromatic rings. The Morgan fingerprint density at radius 3 is 3.00 bits per heavy atom. The van der Waals surface area contributed by atoms with E-state index in [0.29, 0.717) is 23.7 Å². The molecule has 1 aromatic carbocycles. The zero-order chi connectivity index (χ0) is 13.0. The van der Waals surface area contributed by atoms with Gasteiger partial charge in [0, 0.05) is 6.42 Å². The molecular formula is C12H13ClN4O. The molecule has 0 unspecified atom stereocenters. The van der Waals surface area contributed by atoms with E-state index in [-0.39, 0.29) is 5.91 Å². The van der Waals surface area contributed by atoms with E-state index in [9.17, 15) is 4.79 Å². The molecule has 0 radical (unpaired) electrons. The highest BCUT2D eigenvalue weighted by Crippen LogP contribution is 2.22. The van der Waals surface area contributed by atoms with Crippen molar-refractivity contribution in [3.05, 3.63) is 41.4 Å². The van der Waals surface area contributed by atoms with Crippen LogP contribution in [0.25, 0.3) is 0 Å². The number of nitrogens with zero attached hydrogens (tertiary/aromatic N) is 3. The van der Waals surface area contributed by atoms with Gasteiger partial charge >= 0.3 is 0 Å². The van der Waals surface area contributed by atoms with Crippen LogP contribution in [0.3, 0.4) is 0 Å². The number of rotatable bonds is 4. The van der Waals surface area contributed by atoms with Crippen LogP contribution < -0.4 is 5.32 Å². The van der Waals surface area contributed by atoms with Gasteiger partial charge in [0.05, 0.1) is 17.3 Å². The molecule has 0 atom stereocenters. The lowest BCUT2D eigenvalue weighted by molar-refractivity contribution is -0.116. The second kappa shape index (κ2) is 5.64. The first-order valence-electron chi connectivity index (χ1n) is 5.53. The molecule has 1 heterocycles. The summed E-state index contributed by atoms with van der Waals surface area (Å²) in [4.78, 5) is 15.5. The van der Waals surface area contributed by atoms with Crippen molar-refractivity contribution in [1.29, 1.82) is 0 Å². The van der Waals surface area contributed by atoms with Crippen molar-refractivity contribution in [3.8, 4) is 0 Å². The van der Waals surface area contributed by atoms with Crippen LogP contribution in [0.4, 0.5) is 5.69 Å². The quantitative estimate of drug-likeness (QED) is 0.922. The topological polar surface area (TPSA) is 59.8 Å². The molecule has 5 nitrogen and oxygen atoms in total. The summed E-state index contributed by atoms with van der Waals surface area (Å²) in [6.07, 6.45) is 3.34. The first kappa shape index (κ1) is 12.6. The van der Waals surface area contributed by atoms with Crippen molar-refractivity contribution in [2.24, 2.45) is 0 Å². The van der Waals surface area contributed by atoms with Gasteiger partial charge in [-0.3, -0.25) is 9.48 Å². The van der Waals surface area contributed by atoms with Gasteiger partial charge in [-0.15, -0.1) is 0 Å². The summed E-state index contributed by atoms with van der Waals surface area (Å²) in [5.74, 6) is -0.101. The molecule has 18 heavy (non-hydrogen) atoms. The highest BCUT2D eigenvalue weighted by molar-refractivity contribution is 6.33. The van der Waals surface area contributed by atoms with E-state index in [4.69, 9.17) is 11.6 Å². The Balaban J connectivity index is 1.91. The van der Waals surface area contributed by atoms with Gasteiger partial charge in [0.15, 0.2) is 0 Å². The smallest absolute Gasteiger partial charge is 0.226 e. The SMILES string of the molecule is Cc1ccc(NC(=O)CCn2cncn2)c(Cl)c1. The monoisotopic (exact) mass is 264 g/mol. The van der Waals surface area contributed by atoms with Crippen LogP contribution in [0.1, 0.15) is 12.0 Å². The second-order valence-corrected chi connectivity index (χ2v) is 4.35. The minimum atomic E-state index is -0.101. The highest BCUT2D eigenvalue weighted by atomic mass is 35.5. The molecule has 0 aliphatic rings. The lowest BCUT2D eigenvalue weighted by Crippen LogP contribution is -2.15. The Morgan fingerprint density at radius 1 is 1.50 bits per heavy atom. The van der Waals surface area contributed by atoms with Gasteiger partial charge < -0.3 is 5.32 Å². The Bertz CT molecular complexity index is 539. The summed E-state index contributed by atoms with van der Waals surface area (Å²) in [7, 11) is 0. The van der Waals surface area contributed by atoms with E-state index >= 15 is 0 Å². The maximum Gasteiger partial charge on any atom is 0.226 e. The largest absolute Gasteiger partial charge is 0.325 e. The molecule has 0 spiro atoms. The maximum atomic E-state index is 11.7.